The van der Waals surface area contributed by atoms with Crippen LogP contribution in [0.25, 0.3) is 0 Å². The molecule has 116 valence electrons. The molecule has 4 heteroatoms. The Hall–Kier alpha value is -1.65. The van der Waals surface area contributed by atoms with E-state index in [1.165, 1.54) is 0 Å². The van der Waals surface area contributed by atoms with E-state index < -0.39 is 10.0 Å². The Bertz CT molecular complexity index is 741. The zero-order valence-corrected chi connectivity index (χ0v) is 13.6. The first kappa shape index (κ1) is 15.3. The Morgan fingerprint density at radius 2 is 1.73 bits per heavy atom. The number of rotatable bonds is 4. The van der Waals surface area contributed by atoms with Gasteiger partial charge in [0.25, 0.3) is 0 Å². The smallest absolute Gasteiger partial charge is 0.212 e. The summed E-state index contributed by atoms with van der Waals surface area (Å²) < 4.78 is 27.3. The average Bonchev–Trinajstić information content (AvgIpc) is 2.98. The van der Waals surface area contributed by atoms with Gasteiger partial charge in [-0.1, -0.05) is 54.6 Å². The predicted molar refractivity (Wildman–Crippen MR) is 88.9 cm³/mol. The van der Waals surface area contributed by atoms with Crippen molar-refractivity contribution in [2.24, 2.45) is 0 Å². The summed E-state index contributed by atoms with van der Waals surface area (Å²) in [5.74, 6) is 0.0796. The molecule has 0 bridgehead atoms. The fourth-order valence-electron chi connectivity index (χ4n) is 3.21. The summed E-state index contributed by atoms with van der Waals surface area (Å²) in [7, 11) is -3.29. The first-order valence-corrected chi connectivity index (χ1v) is 9.28. The molecule has 1 aliphatic rings. The van der Waals surface area contributed by atoms with Crippen molar-refractivity contribution in [3.63, 3.8) is 0 Å². The zero-order valence-electron chi connectivity index (χ0n) is 12.8. The van der Waals surface area contributed by atoms with E-state index in [1.807, 2.05) is 42.5 Å². The van der Waals surface area contributed by atoms with Crippen LogP contribution >= 0.6 is 0 Å². The highest BCUT2D eigenvalue weighted by molar-refractivity contribution is 7.88. The summed E-state index contributed by atoms with van der Waals surface area (Å²) >= 11 is 0. The number of nitrogens with zero attached hydrogens (tertiary/aromatic N) is 1. The molecule has 1 fully saturated rings. The van der Waals surface area contributed by atoms with Gasteiger partial charge >= 0.3 is 0 Å². The van der Waals surface area contributed by atoms with Gasteiger partial charge in [-0.3, -0.25) is 0 Å². The summed E-state index contributed by atoms with van der Waals surface area (Å²) in [5.41, 5.74) is 3.14. The van der Waals surface area contributed by atoms with Crippen molar-refractivity contribution in [1.82, 2.24) is 4.31 Å². The Kier molecular flexibility index (Phi) is 4.32. The Morgan fingerprint density at radius 3 is 2.45 bits per heavy atom. The molecular formula is C18H21NO2S. The molecule has 0 amide bonds. The minimum absolute atomic E-state index is 0.0186. The zero-order chi connectivity index (χ0) is 15.6. The normalized spacial score (nSPS) is 19.4. The van der Waals surface area contributed by atoms with Crippen molar-refractivity contribution in [1.29, 1.82) is 0 Å². The standard InChI is InChI=1S/C18H21NO2S/c1-15-8-5-6-11-17(15)18-12-7-13-19(18)22(20,21)14-16-9-3-2-4-10-16/h2-6,8-11,18H,7,12-14H2,1H3/t18-/m0/s1. The van der Waals surface area contributed by atoms with E-state index in [4.69, 9.17) is 0 Å². The van der Waals surface area contributed by atoms with E-state index >= 15 is 0 Å². The maximum absolute atomic E-state index is 12.8. The van der Waals surface area contributed by atoms with E-state index in [-0.39, 0.29) is 11.8 Å². The van der Waals surface area contributed by atoms with Crippen LogP contribution in [-0.2, 0) is 15.8 Å². The van der Waals surface area contributed by atoms with E-state index in [2.05, 4.69) is 19.1 Å². The van der Waals surface area contributed by atoms with Crippen LogP contribution in [0.2, 0.25) is 0 Å². The minimum Gasteiger partial charge on any atom is -0.212 e. The third kappa shape index (κ3) is 3.08. The van der Waals surface area contributed by atoms with Gasteiger partial charge in [-0.05, 0) is 36.5 Å². The van der Waals surface area contributed by atoms with Crippen molar-refractivity contribution in [2.45, 2.75) is 31.6 Å². The quantitative estimate of drug-likeness (QED) is 0.863. The minimum atomic E-state index is -3.29. The fraction of sp³-hybridized carbons (Fsp3) is 0.333. The molecule has 1 aliphatic heterocycles. The van der Waals surface area contributed by atoms with Crippen LogP contribution in [-0.4, -0.2) is 19.3 Å². The SMILES string of the molecule is Cc1ccccc1[C@@H]1CCCN1S(=O)(=O)Cc1ccccc1. The number of aryl methyl sites for hydroxylation is 1. The molecular weight excluding hydrogens is 294 g/mol. The van der Waals surface area contributed by atoms with Gasteiger partial charge in [0.05, 0.1) is 11.8 Å². The molecule has 2 aromatic carbocycles. The van der Waals surface area contributed by atoms with Crippen molar-refractivity contribution >= 4 is 10.0 Å². The first-order valence-electron chi connectivity index (χ1n) is 7.67. The molecule has 1 atom stereocenters. The van der Waals surface area contributed by atoms with Crippen molar-refractivity contribution < 1.29 is 8.42 Å². The van der Waals surface area contributed by atoms with Gasteiger partial charge in [0, 0.05) is 6.54 Å². The number of hydrogen-bond donors (Lipinski definition) is 0. The molecule has 1 saturated heterocycles. The highest BCUT2D eigenvalue weighted by atomic mass is 32.2. The summed E-state index contributed by atoms with van der Waals surface area (Å²) in [6.07, 6.45) is 1.83. The molecule has 0 aliphatic carbocycles. The summed E-state index contributed by atoms with van der Waals surface area (Å²) in [6.45, 7) is 2.67. The molecule has 0 saturated carbocycles. The third-order valence-corrected chi connectivity index (χ3v) is 6.15. The maximum atomic E-state index is 12.8. The molecule has 0 aromatic heterocycles. The largest absolute Gasteiger partial charge is 0.218 e. The van der Waals surface area contributed by atoms with Crippen LogP contribution in [0.4, 0.5) is 0 Å². The highest BCUT2D eigenvalue weighted by Crippen LogP contribution is 2.36. The van der Waals surface area contributed by atoms with Crippen LogP contribution < -0.4 is 0 Å². The van der Waals surface area contributed by atoms with Gasteiger partial charge in [-0.15, -0.1) is 0 Å². The first-order chi connectivity index (χ1) is 10.6. The average molecular weight is 315 g/mol. The fourth-order valence-corrected chi connectivity index (χ4v) is 5.01. The van der Waals surface area contributed by atoms with Crippen LogP contribution in [0, 0.1) is 6.92 Å². The second-order valence-electron chi connectivity index (χ2n) is 5.87. The van der Waals surface area contributed by atoms with Gasteiger partial charge in [-0.25, -0.2) is 8.42 Å². The lowest BCUT2D eigenvalue weighted by molar-refractivity contribution is 0.395. The second kappa shape index (κ2) is 6.23. The van der Waals surface area contributed by atoms with Gasteiger partial charge in [-0.2, -0.15) is 4.31 Å². The molecule has 0 radical (unpaired) electrons. The van der Waals surface area contributed by atoms with Gasteiger partial charge in [0.15, 0.2) is 0 Å². The topological polar surface area (TPSA) is 37.4 Å². The van der Waals surface area contributed by atoms with Crippen LogP contribution in [0.15, 0.2) is 54.6 Å². The Labute approximate surface area is 132 Å². The lowest BCUT2D eigenvalue weighted by Gasteiger charge is -2.25. The second-order valence-corrected chi connectivity index (χ2v) is 7.79. The molecule has 0 spiro atoms. The number of sulfonamides is 1. The van der Waals surface area contributed by atoms with Crippen LogP contribution in [0.1, 0.15) is 35.6 Å². The van der Waals surface area contributed by atoms with Crippen LogP contribution in [0.3, 0.4) is 0 Å². The van der Waals surface area contributed by atoms with Gasteiger partial charge in [0.2, 0.25) is 10.0 Å². The van der Waals surface area contributed by atoms with Gasteiger partial charge in [0.1, 0.15) is 0 Å². The molecule has 1 heterocycles. The molecule has 3 nitrogen and oxygen atoms in total. The molecule has 0 N–H and O–H groups in total. The Morgan fingerprint density at radius 1 is 1.05 bits per heavy atom. The van der Waals surface area contributed by atoms with E-state index in [9.17, 15) is 8.42 Å². The highest BCUT2D eigenvalue weighted by Gasteiger charge is 2.35. The van der Waals surface area contributed by atoms with E-state index in [0.717, 1.165) is 29.5 Å². The van der Waals surface area contributed by atoms with E-state index in [1.54, 1.807) is 4.31 Å². The summed E-state index contributed by atoms with van der Waals surface area (Å²) in [6, 6.07) is 17.5. The molecule has 3 rings (SSSR count). The summed E-state index contributed by atoms with van der Waals surface area (Å²) in [5, 5.41) is 0. The monoisotopic (exact) mass is 315 g/mol. The molecule has 2 aromatic rings. The lowest BCUT2D eigenvalue weighted by atomic mass is 10.0. The summed E-state index contributed by atoms with van der Waals surface area (Å²) in [4.78, 5) is 0. The number of benzene rings is 2. The lowest BCUT2D eigenvalue weighted by Crippen LogP contribution is -2.32. The third-order valence-electron chi connectivity index (χ3n) is 4.30. The Balaban J connectivity index is 1.88. The van der Waals surface area contributed by atoms with E-state index in [0.29, 0.717) is 6.54 Å². The van der Waals surface area contributed by atoms with Gasteiger partial charge < -0.3 is 0 Å². The maximum Gasteiger partial charge on any atom is 0.218 e. The molecule has 0 unspecified atom stereocenters. The predicted octanol–water partition coefficient (Wildman–Crippen LogP) is 3.66. The van der Waals surface area contributed by atoms with Crippen molar-refractivity contribution in [2.75, 3.05) is 6.54 Å². The van der Waals surface area contributed by atoms with Crippen molar-refractivity contribution in [3.05, 3.63) is 71.3 Å². The number of hydrogen-bond acceptors (Lipinski definition) is 2. The van der Waals surface area contributed by atoms with Crippen molar-refractivity contribution in [3.8, 4) is 0 Å². The molecule has 22 heavy (non-hydrogen) atoms. The van der Waals surface area contributed by atoms with Crippen LogP contribution in [0.5, 0.6) is 0 Å².